The van der Waals surface area contributed by atoms with Crippen molar-refractivity contribution in [1.29, 1.82) is 5.26 Å². The van der Waals surface area contributed by atoms with Crippen LogP contribution in [-0.2, 0) is 11.4 Å². The first-order valence-corrected chi connectivity index (χ1v) is 10.4. The van der Waals surface area contributed by atoms with Crippen molar-refractivity contribution in [3.8, 4) is 11.8 Å². The Bertz CT molecular complexity index is 1320. The number of nitrogens with zero attached hydrogens (tertiary/aromatic N) is 1. The van der Waals surface area contributed by atoms with Crippen molar-refractivity contribution in [3.05, 3.63) is 113 Å². The third-order valence-corrected chi connectivity index (χ3v) is 5.18. The van der Waals surface area contributed by atoms with Crippen molar-refractivity contribution in [3.63, 3.8) is 0 Å². The summed E-state index contributed by atoms with van der Waals surface area (Å²) in [6, 6.07) is 30.3. The molecule has 0 aromatic heterocycles. The van der Waals surface area contributed by atoms with E-state index in [1.807, 2.05) is 48.5 Å². The monoisotopic (exact) mass is 438 g/mol. The molecular weight excluding hydrogens is 420 g/mol. The maximum absolute atomic E-state index is 12.4. The van der Waals surface area contributed by atoms with Gasteiger partial charge in [0.1, 0.15) is 24.0 Å². The number of nitrogens with one attached hydrogen (secondary N) is 1. The van der Waals surface area contributed by atoms with Gasteiger partial charge in [-0.05, 0) is 64.4 Å². The highest BCUT2D eigenvalue weighted by molar-refractivity contribution is 6.30. The molecule has 0 atom stereocenters. The van der Waals surface area contributed by atoms with E-state index in [0.717, 1.165) is 11.1 Å². The second-order valence-electron chi connectivity index (χ2n) is 7.13. The molecule has 0 saturated heterocycles. The van der Waals surface area contributed by atoms with E-state index in [2.05, 4.69) is 29.6 Å². The van der Waals surface area contributed by atoms with Gasteiger partial charge in [-0.15, -0.1) is 0 Å². The first kappa shape index (κ1) is 21.2. The van der Waals surface area contributed by atoms with Gasteiger partial charge in [-0.25, -0.2) is 0 Å². The lowest BCUT2D eigenvalue weighted by Crippen LogP contribution is -2.13. The summed E-state index contributed by atoms with van der Waals surface area (Å²) in [7, 11) is 0. The summed E-state index contributed by atoms with van der Waals surface area (Å²) < 4.78 is 5.95. The van der Waals surface area contributed by atoms with Gasteiger partial charge in [-0.1, -0.05) is 66.2 Å². The maximum atomic E-state index is 12.4. The van der Waals surface area contributed by atoms with Gasteiger partial charge < -0.3 is 10.1 Å². The highest BCUT2D eigenvalue weighted by Crippen LogP contribution is 2.22. The second kappa shape index (κ2) is 9.82. The van der Waals surface area contributed by atoms with E-state index >= 15 is 0 Å². The predicted molar refractivity (Wildman–Crippen MR) is 128 cm³/mol. The summed E-state index contributed by atoms with van der Waals surface area (Å²) in [6.45, 7) is 0.448. The molecule has 156 valence electrons. The van der Waals surface area contributed by atoms with Crippen LogP contribution in [0.5, 0.6) is 5.75 Å². The van der Waals surface area contributed by atoms with Gasteiger partial charge in [-0.2, -0.15) is 5.26 Å². The Hall–Kier alpha value is -4.07. The quantitative estimate of drug-likeness (QED) is 0.272. The number of nitriles is 1. The molecule has 4 nitrogen and oxygen atoms in total. The minimum absolute atomic E-state index is 0.00405. The number of fused-ring (bicyclic) bond motifs is 1. The number of anilines is 1. The average molecular weight is 439 g/mol. The number of carbonyl (C=O) groups excluding carboxylic acids is 1. The molecule has 0 bridgehead atoms. The molecular formula is C27H19ClN2O2. The summed E-state index contributed by atoms with van der Waals surface area (Å²) in [5, 5.41) is 15.0. The molecule has 0 unspecified atom stereocenters. The number of carbonyl (C=O) groups is 1. The third-order valence-electron chi connectivity index (χ3n) is 4.93. The molecule has 1 amide bonds. The highest BCUT2D eigenvalue weighted by Gasteiger charge is 2.10. The van der Waals surface area contributed by atoms with Crippen molar-refractivity contribution in [2.45, 2.75) is 6.61 Å². The number of hydrogen-bond donors (Lipinski definition) is 1. The molecule has 4 aromatic rings. The molecule has 0 heterocycles. The Labute approximate surface area is 191 Å². The number of halogens is 1. The maximum Gasteiger partial charge on any atom is 0.266 e. The standard InChI is InChI=1S/C27H19ClN2O2/c28-23-10-12-24(13-11-23)30-27(31)22(17-29)16-19-8-14-25(15-9-19)32-18-21-6-3-5-20-4-1-2-7-26(20)21/h1-16H,18H2,(H,30,31)/b22-16-. The van der Waals surface area contributed by atoms with Crippen LogP contribution in [0, 0.1) is 11.3 Å². The van der Waals surface area contributed by atoms with Gasteiger partial charge in [0.15, 0.2) is 0 Å². The van der Waals surface area contributed by atoms with Crippen LogP contribution in [0.3, 0.4) is 0 Å². The van der Waals surface area contributed by atoms with E-state index in [1.54, 1.807) is 30.3 Å². The molecule has 1 N–H and O–H groups in total. The van der Waals surface area contributed by atoms with E-state index in [0.29, 0.717) is 23.1 Å². The lowest BCUT2D eigenvalue weighted by Gasteiger charge is -2.09. The van der Waals surface area contributed by atoms with E-state index in [4.69, 9.17) is 16.3 Å². The zero-order valence-electron chi connectivity index (χ0n) is 17.1. The van der Waals surface area contributed by atoms with Crippen LogP contribution in [-0.4, -0.2) is 5.91 Å². The number of ether oxygens (including phenoxy) is 1. The smallest absolute Gasteiger partial charge is 0.266 e. The Morgan fingerprint density at radius 3 is 2.41 bits per heavy atom. The van der Waals surface area contributed by atoms with Crippen molar-refractivity contribution >= 4 is 40.0 Å². The van der Waals surface area contributed by atoms with Crippen LogP contribution in [0.1, 0.15) is 11.1 Å². The van der Waals surface area contributed by atoms with Gasteiger partial charge in [0.05, 0.1) is 0 Å². The molecule has 0 aliphatic heterocycles. The number of benzene rings is 4. The van der Waals surface area contributed by atoms with Crippen molar-refractivity contribution in [2.75, 3.05) is 5.32 Å². The van der Waals surface area contributed by atoms with Crippen molar-refractivity contribution in [2.24, 2.45) is 0 Å². The van der Waals surface area contributed by atoms with Gasteiger partial charge in [0, 0.05) is 10.7 Å². The molecule has 0 aliphatic carbocycles. The minimum Gasteiger partial charge on any atom is -0.489 e. The van der Waals surface area contributed by atoms with Gasteiger partial charge in [0.2, 0.25) is 0 Å². The topological polar surface area (TPSA) is 62.1 Å². The lowest BCUT2D eigenvalue weighted by molar-refractivity contribution is -0.112. The minimum atomic E-state index is -0.480. The Morgan fingerprint density at radius 2 is 1.66 bits per heavy atom. The highest BCUT2D eigenvalue weighted by atomic mass is 35.5. The van der Waals surface area contributed by atoms with Crippen LogP contribution < -0.4 is 10.1 Å². The zero-order valence-corrected chi connectivity index (χ0v) is 17.8. The van der Waals surface area contributed by atoms with Gasteiger partial charge in [-0.3, -0.25) is 4.79 Å². The van der Waals surface area contributed by atoms with Gasteiger partial charge in [0.25, 0.3) is 5.91 Å². The summed E-state index contributed by atoms with van der Waals surface area (Å²) >= 11 is 5.85. The van der Waals surface area contributed by atoms with Crippen molar-refractivity contribution in [1.82, 2.24) is 0 Å². The van der Waals surface area contributed by atoms with E-state index in [-0.39, 0.29) is 5.57 Å². The predicted octanol–water partition coefficient (Wildman–Crippen LogP) is 6.62. The fraction of sp³-hybridized carbons (Fsp3) is 0.0370. The van der Waals surface area contributed by atoms with E-state index in [1.165, 1.54) is 10.8 Å². The average Bonchev–Trinajstić information content (AvgIpc) is 2.83. The number of hydrogen-bond acceptors (Lipinski definition) is 3. The Balaban J connectivity index is 1.43. The fourth-order valence-electron chi connectivity index (χ4n) is 3.29. The Kier molecular flexibility index (Phi) is 6.50. The fourth-order valence-corrected chi connectivity index (χ4v) is 3.41. The zero-order chi connectivity index (χ0) is 22.3. The summed E-state index contributed by atoms with van der Waals surface area (Å²) in [5.74, 6) is 0.227. The van der Waals surface area contributed by atoms with E-state index in [9.17, 15) is 10.1 Å². The van der Waals surface area contributed by atoms with Crippen LogP contribution in [0.4, 0.5) is 5.69 Å². The molecule has 0 spiro atoms. The van der Waals surface area contributed by atoms with Crippen LogP contribution in [0.2, 0.25) is 5.02 Å². The summed E-state index contributed by atoms with van der Waals surface area (Å²) in [6.07, 6.45) is 1.54. The first-order chi connectivity index (χ1) is 15.6. The first-order valence-electron chi connectivity index (χ1n) is 10.0. The third kappa shape index (κ3) is 5.15. The summed E-state index contributed by atoms with van der Waals surface area (Å²) in [4.78, 5) is 12.4. The second-order valence-corrected chi connectivity index (χ2v) is 7.56. The molecule has 4 aromatic carbocycles. The van der Waals surface area contributed by atoms with Crippen LogP contribution in [0.25, 0.3) is 16.8 Å². The SMILES string of the molecule is N#C/C(=C/c1ccc(OCc2cccc3ccccc23)cc1)C(=O)Nc1ccc(Cl)cc1. The molecule has 32 heavy (non-hydrogen) atoms. The van der Waals surface area contributed by atoms with Crippen molar-refractivity contribution < 1.29 is 9.53 Å². The van der Waals surface area contributed by atoms with Gasteiger partial charge >= 0.3 is 0 Å². The number of rotatable bonds is 6. The lowest BCUT2D eigenvalue weighted by atomic mass is 10.1. The summed E-state index contributed by atoms with van der Waals surface area (Å²) in [5.41, 5.74) is 2.41. The van der Waals surface area contributed by atoms with E-state index < -0.39 is 5.91 Å². The molecule has 0 saturated carbocycles. The van der Waals surface area contributed by atoms with Crippen LogP contribution >= 0.6 is 11.6 Å². The number of amides is 1. The molecule has 4 rings (SSSR count). The Morgan fingerprint density at radius 1 is 0.938 bits per heavy atom. The molecule has 5 heteroatoms. The normalized spacial score (nSPS) is 11.1. The van der Waals surface area contributed by atoms with Crippen LogP contribution in [0.15, 0.2) is 96.6 Å². The molecule has 0 aliphatic rings. The molecule has 0 radical (unpaired) electrons. The largest absolute Gasteiger partial charge is 0.489 e. The molecule has 0 fully saturated rings.